The largest absolute Gasteiger partial charge is 0.311 e. The van der Waals surface area contributed by atoms with Crippen LogP contribution in [0.15, 0.2) is 16.4 Å². The highest BCUT2D eigenvalue weighted by molar-refractivity contribution is 6.31. The molecule has 1 aromatic rings. The van der Waals surface area contributed by atoms with Gasteiger partial charge in [-0.3, -0.25) is 4.79 Å². The number of aromatic nitrogens is 2. The molecule has 1 rings (SSSR count). The van der Waals surface area contributed by atoms with Gasteiger partial charge < -0.3 is 4.98 Å². The molecule has 1 aromatic heterocycles. The Morgan fingerprint density at radius 1 is 1.75 bits per heavy atom. The molecule has 1 heterocycles. The second-order valence-corrected chi connectivity index (χ2v) is 2.33. The highest BCUT2D eigenvalue weighted by atomic mass is 35.5. The van der Waals surface area contributed by atoms with Gasteiger partial charge in [-0.25, -0.2) is 9.99 Å². The summed E-state index contributed by atoms with van der Waals surface area (Å²) >= 11 is 5.53. The number of nitrogens with zero attached hydrogens (tertiary/aromatic N) is 3. The van der Waals surface area contributed by atoms with E-state index in [0.29, 0.717) is 0 Å². The Hall–Kier alpha value is -1.43. The van der Waals surface area contributed by atoms with E-state index < -0.39 is 5.56 Å². The summed E-state index contributed by atoms with van der Waals surface area (Å²) < 4.78 is 0. The Labute approximate surface area is 72.1 Å². The van der Waals surface area contributed by atoms with Crippen molar-refractivity contribution >= 4 is 17.3 Å². The monoisotopic (exact) mass is 188 g/mol. The molecule has 0 bridgehead atoms. The fourth-order valence-corrected chi connectivity index (χ4v) is 0.949. The number of nitroso groups, excluding NO2 is 1. The number of H-pyrrole nitrogens is 1. The van der Waals surface area contributed by atoms with Crippen LogP contribution in [-0.4, -0.2) is 17.0 Å². The third-order valence-corrected chi connectivity index (χ3v) is 1.51. The summed E-state index contributed by atoms with van der Waals surface area (Å²) in [7, 11) is 1.31. The molecule has 0 atom stereocenters. The third-order valence-electron chi connectivity index (χ3n) is 1.23. The van der Waals surface area contributed by atoms with Gasteiger partial charge in [-0.15, -0.1) is 4.91 Å². The van der Waals surface area contributed by atoms with Crippen molar-refractivity contribution in [1.29, 1.82) is 0 Å². The normalized spacial score (nSPS) is 9.50. The number of aromatic amines is 1. The van der Waals surface area contributed by atoms with Gasteiger partial charge in [0.15, 0.2) is 10.8 Å². The van der Waals surface area contributed by atoms with Gasteiger partial charge >= 0.3 is 0 Å². The summed E-state index contributed by atoms with van der Waals surface area (Å²) in [4.78, 5) is 26.9. The van der Waals surface area contributed by atoms with Gasteiger partial charge in [-0.05, 0) is 0 Å². The van der Waals surface area contributed by atoms with Gasteiger partial charge in [0.1, 0.15) is 0 Å². The molecule has 1 N–H and O–H groups in total. The van der Waals surface area contributed by atoms with E-state index in [-0.39, 0.29) is 10.8 Å². The Morgan fingerprint density at radius 3 is 2.92 bits per heavy atom. The van der Waals surface area contributed by atoms with Gasteiger partial charge in [0.2, 0.25) is 0 Å². The van der Waals surface area contributed by atoms with Gasteiger partial charge in [-0.2, -0.15) is 0 Å². The SMILES string of the molecule is CN(N=O)c1c(Cl)nc[nH]c1=O. The number of rotatable bonds is 2. The van der Waals surface area contributed by atoms with Crippen LogP contribution in [0, 0.1) is 4.91 Å². The minimum Gasteiger partial charge on any atom is -0.311 e. The molecule has 0 fully saturated rings. The van der Waals surface area contributed by atoms with Crippen molar-refractivity contribution in [3.63, 3.8) is 0 Å². The number of nitrogens with one attached hydrogen (secondary N) is 1. The van der Waals surface area contributed by atoms with Crippen molar-refractivity contribution in [2.24, 2.45) is 5.29 Å². The van der Waals surface area contributed by atoms with Crippen molar-refractivity contribution in [1.82, 2.24) is 9.97 Å². The van der Waals surface area contributed by atoms with E-state index in [1.165, 1.54) is 7.05 Å². The zero-order valence-electron chi connectivity index (χ0n) is 6.11. The van der Waals surface area contributed by atoms with E-state index in [1.807, 2.05) is 0 Å². The van der Waals surface area contributed by atoms with Gasteiger partial charge in [-0.1, -0.05) is 11.6 Å². The summed E-state index contributed by atoms with van der Waals surface area (Å²) in [6.07, 6.45) is 1.15. The van der Waals surface area contributed by atoms with E-state index in [0.717, 1.165) is 11.3 Å². The zero-order valence-corrected chi connectivity index (χ0v) is 6.87. The predicted molar refractivity (Wildman–Crippen MR) is 44.1 cm³/mol. The average Bonchev–Trinajstić information content (AvgIpc) is 2.03. The van der Waals surface area contributed by atoms with E-state index in [2.05, 4.69) is 15.3 Å². The van der Waals surface area contributed by atoms with E-state index in [1.54, 1.807) is 0 Å². The first-order valence-corrected chi connectivity index (χ1v) is 3.34. The average molecular weight is 189 g/mol. The molecule has 0 saturated heterocycles. The molecule has 0 amide bonds. The molecule has 64 valence electrons. The molecule has 0 saturated carbocycles. The van der Waals surface area contributed by atoms with Crippen LogP contribution in [-0.2, 0) is 0 Å². The van der Waals surface area contributed by atoms with Crippen LogP contribution in [0.5, 0.6) is 0 Å². The van der Waals surface area contributed by atoms with Crippen molar-refractivity contribution in [2.45, 2.75) is 0 Å². The lowest BCUT2D eigenvalue weighted by Crippen LogP contribution is -2.20. The first kappa shape index (κ1) is 8.66. The van der Waals surface area contributed by atoms with E-state index in [4.69, 9.17) is 11.6 Å². The predicted octanol–water partition coefficient (Wildman–Crippen LogP) is 0.541. The number of anilines is 1. The Bertz CT molecular complexity index is 350. The van der Waals surface area contributed by atoms with Crippen molar-refractivity contribution < 1.29 is 0 Å². The molecule has 0 aliphatic rings. The molecule has 0 aliphatic carbocycles. The van der Waals surface area contributed by atoms with Crippen LogP contribution in [0.2, 0.25) is 5.15 Å². The molecule has 12 heavy (non-hydrogen) atoms. The van der Waals surface area contributed by atoms with Gasteiger partial charge in [0, 0.05) is 7.05 Å². The summed E-state index contributed by atoms with van der Waals surface area (Å²) in [6.45, 7) is 0. The first-order chi connectivity index (χ1) is 5.66. The molecular weight excluding hydrogens is 184 g/mol. The van der Waals surface area contributed by atoms with Gasteiger partial charge in [0.05, 0.1) is 11.6 Å². The van der Waals surface area contributed by atoms with Crippen LogP contribution in [0.1, 0.15) is 0 Å². The van der Waals surface area contributed by atoms with Crippen LogP contribution >= 0.6 is 11.6 Å². The minimum absolute atomic E-state index is 0.0548. The summed E-state index contributed by atoms with van der Waals surface area (Å²) in [5.41, 5.74) is -0.564. The first-order valence-electron chi connectivity index (χ1n) is 2.97. The quantitative estimate of drug-likeness (QED) is 0.417. The lowest BCUT2D eigenvalue weighted by molar-refractivity contribution is 0.961. The van der Waals surface area contributed by atoms with E-state index in [9.17, 15) is 9.70 Å². The summed E-state index contributed by atoms with van der Waals surface area (Å²) in [5.74, 6) is 0. The highest BCUT2D eigenvalue weighted by Crippen LogP contribution is 2.15. The maximum absolute atomic E-state index is 11.0. The van der Waals surface area contributed by atoms with Crippen LogP contribution in [0.4, 0.5) is 5.69 Å². The lowest BCUT2D eigenvalue weighted by atomic mass is 10.5. The van der Waals surface area contributed by atoms with Crippen molar-refractivity contribution in [3.05, 3.63) is 26.7 Å². The highest BCUT2D eigenvalue weighted by Gasteiger charge is 2.11. The maximum Gasteiger partial charge on any atom is 0.277 e. The van der Waals surface area contributed by atoms with Crippen LogP contribution in [0.3, 0.4) is 0 Å². The fraction of sp³-hybridized carbons (Fsp3) is 0.200. The second-order valence-electron chi connectivity index (χ2n) is 1.98. The lowest BCUT2D eigenvalue weighted by Gasteiger charge is -2.06. The molecule has 6 nitrogen and oxygen atoms in total. The number of hydrogen-bond acceptors (Lipinski definition) is 4. The zero-order chi connectivity index (χ0) is 9.14. The molecular formula is C5H5ClN4O2. The molecule has 0 radical (unpaired) electrons. The minimum atomic E-state index is -0.503. The Morgan fingerprint density at radius 2 is 2.42 bits per heavy atom. The number of hydrogen-bond donors (Lipinski definition) is 1. The third kappa shape index (κ3) is 1.42. The Kier molecular flexibility index (Phi) is 2.39. The second kappa shape index (κ2) is 3.31. The summed E-state index contributed by atoms with van der Waals surface area (Å²) in [6, 6.07) is 0. The number of halogens is 1. The molecule has 0 aromatic carbocycles. The molecule has 0 unspecified atom stereocenters. The van der Waals surface area contributed by atoms with E-state index >= 15 is 0 Å². The van der Waals surface area contributed by atoms with Crippen LogP contribution in [0.25, 0.3) is 0 Å². The van der Waals surface area contributed by atoms with Gasteiger partial charge in [0.25, 0.3) is 5.56 Å². The molecule has 7 heteroatoms. The smallest absolute Gasteiger partial charge is 0.277 e. The fourth-order valence-electron chi connectivity index (χ4n) is 0.692. The van der Waals surface area contributed by atoms with Crippen LogP contribution < -0.4 is 10.6 Å². The summed E-state index contributed by atoms with van der Waals surface area (Å²) in [5, 5.41) is 3.28. The molecule has 0 spiro atoms. The van der Waals surface area contributed by atoms with Crippen molar-refractivity contribution in [3.8, 4) is 0 Å². The standard InChI is InChI=1S/C5H5ClN4O2/c1-10(9-12)3-4(6)7-2-8-5(3)11/h2H,1H3,(H,7,8,11). The molecule has 0 aliphatic heterocycles. The Balaban J connectivity index is 3.30. The topological polar surface area (TPSA) is 78.4 Å². The maximum atomic E-state index is 11.0. The van der Waals surface area contributed by atoms with Crippen molar-refractivity contribution in [2.75, 3.05) is 12.1 Å².